The summed E-state index contributed by atoms with van der Waals surface area (Å²) in [5.74, 6) is 1.16. The largest absolute Gasteiger partial charge is 0.349 e. The summed E-state index contributed by atoms with van der Waals surface area (Å²) in [5, 5.41) is 18.5. The van der Waals surface area contributed by atoms with Crippen LogP contribution in [-0.4, -0.2) is 42.3 Å². The Balaban J connectivity index is 1.16. The highest BCUT2D eigenvalue weighted by molar-refractivity contribution is 7.12. The van der Waals surface area contributed by atoms with Crippen molar-refractivity contribution < 1.29 is 18.4 Å². The van der Waals surface area contributed by atoms with Gasteiger partial charge in [-0.3, -0.25) is 18.8 Å². The van der Waals surface area contributed by atoms with Crippen LogP contribution in [0.5, 0.6) is 0 Å². The van der Waals surface area contributed by atoms with Gasteiger partial charge in [0.2, 0.25) is 5.95 Å². The molecule has 1 amide bonds. The number of Topliss-reactive ketones (excluding diaryl/α,β-unsaturated/α-hetero) is 1. The van der Waals surface area contributed by atoms with E-state index >= 15 is 0 Å². The Morgan fingerprint density at radius 1 is 1.26 bits per heavy atom. The minimum absolute atomic E-state index is 0.0216. The standard InChI is InChI=1S/C26H29F2N7O2S/c1-34-21(9-16(33-34)23(27)28)31-25-32-29-12-35(25)14-4-5-18-15(8-14)22(19(38-18)10-17(36)13-2-3-13)24(37)30-20-11-26(20)6-7-26/h9,12-14,20,23H,2-8,10-11H2,1H3,(H,30,37)(H,31,32)/t14-,20?/m0/s1. The Morgan fingerprint density at radius 3 is 2.76 bits per heavy atom. The number of nitrogens with one attached hydrogen (secondary N) is 2. The number of thiophene rings is 1. The fourth-order valence-electron chi connectivity index (χ4n) is 5.88. The van der Waals surface area contributed by atoms with Crippen LogP contribution in [0, 0.1) is 11.3 Å². The molecule has 3 saturated carbocycles. The lowest BCUT2D eigenvalue weighted by Gasteiger charge is -2.25. The van der Waals surface area contributed by atoms with E-state index in [0.29, 0.717) is 35.6 Å². The van der Waals surface area contributed by atoms with Crippen molar-refractivity contribution in [1.29, 1.82) is 0 Å². The van der Waals surface area contributed by atoms with Crippen LogP contribution in [0.15, 0.2) is 12.4 Å². The highest BCUT2D eigenvalue weighted by atomic mass is 32.1. The molecule has 1 unspecified atom stereocenters. The molecule has 200 valence electrons. The third-order valence-corrected chi connectivity index (χ3v) is 9.91. The van der Waals surface area contributed by atoms with Crippen LogP contribution in [0.1, 0.15) is 82.4 Å². The lowest BCUT2D eigenvalue weighted by Crippen LogP contribution is -2.30. The van der Waals surface area contributed by atoms with Gasteiger partial charge in [-0.25, -0.2) is 8.78 Å². The first-order valence-corrected chi connectivity index (χ1v) is 14.1. The number of hydrogen-bond acceptors (Lipinski definition) is 7. The normalized spacial score (nSPS) is 22.9. The van der Waals surface area contributed by atoms with Crippen molar-refractivity contribution >= 4 is 34.8 Å². The second-order valence-electron chi connectivity index (χ2n) is 11.3. The molecule has 3 fully saturated rings. The van der Waals surface area contributed by atoms with Crippen molar-refractivity contribution in [1.82, 2.24) is 29.9 Å². The number of rotatable bonds is 9. The summed E-state index contributed by atoms with van der Waals surface area (Å²) in [6.45, 7) is 0. The topological polar surface area (TPSA) is 107 Å². The number of nitrogens with zero attached hydrogens (tertiary/aromatic N) is 5. The average molecular weight is 542 g/mol. The SMILES string of the molecule is Cn1nc(C(F)F)cc1Nc1nncn1[C@H]1CCc2sc(CC(=O)C3CC3)c(C(=O)NC3CC34CC4)c2C1. The van der Waals surface area contributed by atoms with Crippen molar-refractivity contribution in [2.24, 2.45) is 18.4 Å². The predicted octanol–water partition coefficient (Wildman–Crippen LogP) is 4.29. The molecule has 3 aromatic heterocycles. The van der Waals surface area contributed by atoms with Gasteiger partial charge in [-0.05, 0) is 62.3 Å². The zero-order valence-electron chi connectivity index (χ0n) is 21.0. The fraction of sp³-hybridized carbons (Fsp3) is 0.577. The number of amides is 1. The summed E-state index contributed by atoms with van der Waals surface area (Å²) in [7, 11) is 1.59. The number of aromatic nitrogens is 5. The van der Waals surface area contributed by atoms with Crippen molar-refractivity contribution in [2.75, 3.05) is 5.32 Å². The molecule has 0 aromatic carbocycles. The first-order valence-electron chi connectivity index (χ1n) is 13.3. The Kier molecular flexibility index (Phi) is 5.47. The van der Waals surface area contributed by atoms with Gasteiger partial charge in [0, 0.05) is 47.3 Å². The first kappa shape index (κ1) is 23.9. The monoisotopic (exact) mass is 541 g/mol. The third-order valence-electron chi connectivity index (χ3n) is 8.62. The minimum atomic E-state index is -2.67. The van der Waals surface area contributed by atoms with E-state index in [9.17, 15) is 18.4 Å². The first-order chi connectivity index (χ1) is 18.3. The summed E-state index contributed by atoms with van der Waals surface area (Å²) < 4.78 is 29.5. The van der Waals surface area contributed by atoms with Gasteiger partial charge in [-0.1, -0.05) is 0 Å². The van der Waals surface area contributed by atoms with Crippen LogP contribution in [-0.2, 0) is 31.1 Å². The number of ketones is 1. The van der Waals surface area contributed by atoms with Gasteiger partial charge >= 0.3 is 0 Å². The van der Waals surface area contributed by atoms with Crippen molar-refractivity contribution in [3.63, 3.8) is 0 Å². The molecule has 0 bridgehead atoms. The highest BCUT2D eigenvalue weighted by Gasteiger charge is 2.63. The Labute approximate surface area is 222 Å². The molecule has 3 heterocycles. The van der Waals surface area contributed by atoms with E-state index in [0.717, 1.165) is 42.5 Å². The average Bonchev–Trinajstić information content (AvgIpc) is 3.84. The highest BCUT2D eigenvalue weighted by Crippen LogP contribution is 2.66. The molecule has 3 aromatic rings. The van der Waals surface area contributed by atoms with Crippen molar-refractivity contribution in [3.8, 4) is 0 Å². The molecule has 9 nitrogen and oxygen atoms in total. The van der Waals surface area contributed by atoms with Crippen LogP contribution >= 0.6 is 11.3 Å². The van der Waals surface area contributed by atoms with Gasteiger partial charge in [0.15, 0.2) is 0 Å². The summed E-state index contributed by atoms with van der Waals surface area (Å²) in [5.41, 5.74) is 1.75. The smallest absolute Gasteiger partial charge is 0.282 e. The lowest BCUT2D eigenvalue weighted by molar-refractivity contribution is -0.119. The second-order valence-corrected chi connectivity index (χ2v) is 12.5. The molecule has 7 rings (SSSR count). The molecule has 4 aliphatic rings. The number of carbonyl (C=O) groups is 2. The van der Waals surface area contributed by atoms with Gasteiger partial charge in [0.1, 0.15) is 23.6 Å². The van der Waals surface area contributed by atoms with E-state index < -0.39 is 6.43 Å². The van der Waals surface area contributed by atoms with Crippen molar-refractivity contribution in [2.45, 2.75) is 76.3 Å². The maximum absolute atomic E-state index is 13.6. The molecular weight excluding hydrogens is 512 g/mol. The lowest BCUT2D eigenvalue weighted by atomic mass is 9.90. The summed E-state index contributed by atoms with van der Waals surface area (Å²) in [6.07, 6.45) is 6.86. The van der Waals surface area contributed by atoms with Gasteiger partial charge in [-0.15, -0.1) is 21.5 Å². The molecule has 12 heteroatoms. The molecular formula is C26H29F2N7O2S. The molecule has 4 aliphatic carbocycles. The van der Waals surface area contributed by atoms with Crippen LogP contribution in [0.2, 0.25) is 0 Å². The number of carbonyl (C=O) groups excluding carboxylic acids is 2. The molecule has 38 heavy (non-hydrogen) atoms. The summed E-state index contributed by atoms with van der Waals surface area (Å²) >= 11 is 1.62. The number of hydrogen-bond donors (Lipinski definition) is 2. The quantitative estimate of drug-likeness (QED) is 0.419. The minimum Gasteiger partial charge on any atom is -0.349 e. The van der Waals surface area contributed by atoms with Crippen LogP contribution in [0.3, 0.4) is 0 Å². The van der Waals surface area contributed by atoms with E-state index in [1.165, 1.54) is 28.5 Å². The van der Waals surface area contributed by atoms with Gasteiger partial charge < -0.3 is 10.6 Å². The number of halogens is 2. The fourth-order valence-corrected chi connectivity index (χ4v) is 7.24. The van der Waals surface area contributed by atoms with E-state index in [-0.39, 0.29) is 35.4 Å². The van der Waals surface area contributed by atoms with Gasteiger partial charge in [0.05, 0.1) is 5.56 Å². The predicted molar refractivity (Wildman–Crippen MR) is 136 cm³/mol. The van der Waals surface area contributed by atoms with Crippen LogP contribution in [0.4, 0.5) is 20.5 Å². The van der Waals surface area contributed by atoms with Gasteiger partial charge in [0.25, 0.3) is 12.3 Å². The molecule has 1 spiro atoms. The second kappa shape index (κ2) is 8.69. The van der Waals surface area contributed by atoms with E-state index in [1.807, 2.05) is 4.57 Å². The summed E-state index contributed by atoms with van der Waals surface area (Å²) in [4.78, 5) is 28.4. The summed E-state index contributed by atoms with van der Waals surface area (Å²) in [6, 6.07) is 1.53. The molecule has 2 atom stereocenters. The molecule has 2 N–H and O–H groups in total. The molecule has 0 radical (unpaired) electrons. The Morgan fingerprint density at radius 2 is 2.08 bits per heavy atom. The van der Waals surface area contributed by atoms with E-state index in [2.05, 4.69) is 25.9 Å². The Hall–Kier alpha value is -3.15. The molecule has 0 saturated heterocycles. The maximum atomic E-state index is 13.6. The maximum Gasteiger partial charge on any atom is 0.282 e. The zero-order valence-corrected chi connectivity index (χ0v) is 21.9. The van der Waals surface area contributed by atoms with Crippen molar-refractivity contribution in [3.05, 3.63) is 39.0 Å². The zero-order chi connectivity index (χ0) is 26.2. The third kappa shape index (κ3) is 4.22. The molecule has 0 aliphatic heterocycles. The Bertz CT molecular complexity index is 1440. The number of aryl methyl sites for hydroxylation is 2. The number of fused-ring (bicyclic) bond motifs is 1. The van der Waals surface area contributed by atoms with E-state index in [1.54, 1.807) is 24.7 Å². The van der Waals surface area contributed by atoms with E-state index in [4.69, 9.17) is 0 Å². The van der Waals surface area contributed by atoms with Gasteiger partial charge in [-0.2, -0.15) is 5.10 Å². The van der Waals surface area contributed by atoms with Crippen LogP contribution in [0.25, 0.3) is 0 Å². The van der Waals surface area contributed by atoms with Crippen LogP contribution < -0.4 is 10.6 Å². The number of alkyl halides is 2. The number of anilines is 2.